The third-order valence-electron chi connectivity index (χ3n) is 8.77. The largest absolute Gasteiger partial charge is 0.489 e. The van der Waals surface area contributed by atoms with Crippen molar-refractivity contribution >= 4 is 0 Å². The van der Waals surface area contributed by atoms with E-state index in [4.69, 9.17) is 9.84 Å². The van der Waals surface area contributed by atoms with Gasteiger partial charge in [0, 0.05) is 17.7 Å². The number of benzene rings is 2. The first-order valence-corrected chi connectivity index (χ1v) is 12.9. The minimum atomic E-state index is 0.290. The van der Waals surface area contributed by atoms with Crippen LogP contribution in [-0.4, -0.2) is 9.78 Å². The third-order valence-corrected chi connectivity index (χ3v) is 8.77. The number of aryl methyl sites for hydroxylation is 1. The van der Waals surface area contributed by atoms with Gasteiger partial charge in [-0.15, -0.1) is 0 Å². The predicted octanol–water partition coefficient (Wildman–Crippen LogP) is 6.69. The maximum atomic E-state index is 6.15. The zero-order valence-corrected chi connectivity index (χ0v) is 20.3. The summed E-state index contributed by atoms with van der Waals surface area (Å²) in [5.74, 6) is 3.88. The van der Waals surface area contributed by atoms with E-state index in [0.717, 1.165) is 24.1 Å². The van der Waals surface area contributed by atoms with E-state index in [1.165, 1.54) is 48.8 Å². The van der Waals surface area contributed by atoms with E-state index in [1.54, 1.807) is 11.3 Å². The fourth-order valence-electron chi connectivity index (χ4n) is 7.34. The van der Waals surface area contributed by atoms with Crippen molar-refractivity contribution in [3.63, 3.8) is 0 Å². The second kappa shape index (κ2) is 8.04. The highest BCUT2D eigenvalue weighted by Crippen LogP contribution is 2.60. The van der Waals surface area contributed by atoms with Gasteiger partial charge in [0.15, 0.2) is 0 Å². The first kappa shape index (κ1) is 21.0. The lowest BCUT2D eigenvalue weighted by atomic mass is 9.55. The van der Waals surface area contributed by atoms with Crippen LogP contribution in [0, 0.1) is 17.8 Å². The normalized spacial score (nSPS) is 27.6. The molecule has 1 fully saturated rings. The van der Waals surface area contributed by atoms with Gasteiger partial charge in [-0.2, -0.15) is 5.10 Å². The molecule has 0 unspecified atom stereocenters. The molecule has 0 saturated heterocycles. The lowest BCUT2D eigenvalue weighted by molar-refractivity contribution is 0.0992. The van der Waals surface area contributed by atoms with Crippen molar-refractivity contribution in [3.8, 4) is 5.75 Å². The number of fused-ring (bicyclic) bond motifs is 7. The molecular formula is C30H36N2O. The Morgan fingerprint density at radius 3 is 2.76 bits per heavy atom. The quantitative estimate of drug-likeness (QED) is 0.442. The zero-order chi connectivity index (χ0) is 22.6. The molecule has 0 spiro atoms. The van der Waals surface area contributed by atoms with Crippen molar-refractivity contribution in [1.82, 2.24) is 9.78 Å². The minimum Gasteiger partial charge on any atom is -0.489 e. The fourth-order valence-corrected chi connectivity index (χ4v) is 7.34. The molecule has 0 bridgehead atoms. The maximum Gasteiger partial charge on any atom is 0.120 e. The Kier molecular flexibility index (Phi) is 5.12. The molecule has 0 aliphatic heterocycles. The van der Waals surface area contributed by atoms with Gasteiger partial charge in [-0.3, -0.25) is 4.68 Å². The minimum absolute atomic E-state index is 0.290. The van der Waals surface area contributed by atoms with Gasteiger partial charge in [-0.25, -0.2) is 0 Å². The fraction of sp³-hybridized carbons (Fsp3) is 0.500. The van der Waals surface area contributed by atoms with Crippen LogP contribution in [-0.2, 0) is 31.4 Å². The number of nitrogens with zero attached hydrogens (tertiary/aromatic N) is 2. The van der Waals surface area contributed by atoms with Crippen LogP contribution in [0.3, 0.4) is 0 Å². The Balaban J connectivity index is 1.23. The summed E-state index contributed by atoms with van der Waals surface area (Å²) in [6.07, 6.45) is 8.46. The van der Waals surface area contributed by atoms with Gasteiger partial charge in [-0.05, 0) is 90.2 Å². The zero-order valence-electron chi connectivity index (χ0n) is 20.3. The van der Waals surface area contributed by atoms with Crippen LogP contribution < -0.4 is 4.74 Å². The van der Waals surface area contributed by atoms with Crippen molar-refractivity contribution in [2.45, 2.75) is 77.4 Å². The van der Waals surface area contributed by atoms with E-state index in [9.17, 15) is 0 Å². The Morgan fingerprint density at radius 1 is 1.09 bits per heavy atom. The van der Waals surface area contributed by atoms with Crippen LogP contribution >= 0.6 is 0 Å². The number of rotatable bonds is 5. The molecule has 0 N–H and O–H groups in total. The topological polar surface area (TPSA) is 27.1 Å². The van der Waals surface area contributed by atoms with Gasteiger partial charge in [0.05, 0.1) is 6.20 Å². The summed E-state index contributed by atoms with van der Waals surface area (Å²) in [7, 11) is 0. The van der Waals surface area contributed by atoms with E-state index in [1.807, 2.05) is 0 Å². The van der Waals surface area contributed by atoms with E-state index in [-0.39, 0.29) is 5.41 Å². The van der Waals surface area contributed by atoms with Crippen molar-refractivity contribution in [2.75, 3.05) is 0 Å². The van der Waals surface area contributed by atoms with E-state index >= 15 is 0 Å². The molecule has 3 aliphatic rings. The van der Waals surface area contributed by atoms with Crippen molar-refractivity contribution < 1.29 is 4.74 Å². The van der Waals surface area contributed by atoms with Crippen LogP contribution in [0.25, 0.3) is 0 Å². The molecule has 1 aromatic heterocycles. The lowest BCUT2D eigenvalue weighted by Gasteiger charge is -2.49. The second-order valence-electron chi connectivity index (χ2n) is 11.3. The second-order valence-corrected chi connectivity index (χ2v) is 11.3. The first-order valence-electron chi connectivity index (χ1n) is 12.9. The molecule has 0 amide bonds. The molecule has 6 rings (SSSR count). The molecule has 3 aromatic rings. The van der Waals surface area contributed by atoms with Crippen molar-refractivity contribution in [2.24, 2.45) is 17.8 Å². The molecule has 33 heavy (non-hydrogen) atoms. The maximum absolute atomic E-state index is 6.15. The summed E-state index contributed by atoms with van der Waals surface area (Å²) in [5, 5.41) is 4.81. The standard InChI is InChI=1S/C30H36N2O/c1-20(2)18-32-29-23(17-31-32)16-28-27-11-9-22-15-24(33-19-21-7-5-4-6-8-21)10-12-25(22)26(27)13-14-30(28,29)3/h4-8,10,12,15,17,20,26-28H,9,11,13-14,16,18-19H2,1-3H3/t26-,27-,28+,30+/m1/s1. The van der Waals surface area contributed by atoms with E-state index < -0.39 is 0 Å². The molecule has 4 atom stereocenters. The van der Waals surface area contributed by atoms with Gasteiger partial charge < -0.3 is 4.74 Å². The van der Waals surface area contributed by atoms with E-state index in [2.05, 4.69) is 80.2 Å². The highest BCUT2D eigenvalue weighted by Gasteiger charge is 2.54. The SMILES string of the molecule is CC(C)Cn1ncc2c1[C@@]1(C)CC[C@@H]3c4ccc(OCc5ccccc5)cc4CC[C@H]3[C@@H]1C2. The van der Waals surface area contributed by atoms with Crippen molar-refractivity contribution in [3.05, 3.63) is 82.7 Å². The predicted molar refractivity (Wildman–Crippen MR) is 133 cm³/mol. The molecule has 3 nitrogen and oxygen atoms in total. The molecule has 1 heterocycles. The Bertz CT molecular complexity index is 1150. The average molecular weight is 441 g/mol. The number of ether oxygens (including phenoxy) is 1. The molecule has 2 aromatic carbocycles. The summed E-state index contributed by atoms with van der Waals surface area (Å²) in [6.45, 7) is 8.83. The Hall–Kier alpha value is -2.55. The molecular weight excluding hydrogens is 404 g/mol. The van der Waals surface area contributed by atoms with Crippen molar-refractivity contribution in [1.29, 1.82) is 0 Å². The van der Waals surface area contributed by atoms with Crippen LogP contribution in [0.1, 0.15) is 73.9 Å². The molecule has 0 radical (unpaired) electrons. The third kappa shape index (κ3) is 3.52. The van der Waals surface area contributed by atoms with Gasteiger partial charge in [-0.1, -0.05) is 57.2 Å². The number of hydrogen-bond acceptors (Lipinski definition) is 2. The molecule has 3 aliphatic carbocycles. The first-order chi connectivity index (χ1) is 16.0. The molecule has 3 heteroatoms. The monoisotopic (exact) mass is 440 g/mol. The van der Waals surface area contributed by atoms with Crippen LogP contribution in [0.15, 0.2) is 54.7 Å². The summed E-state index contributed by atoms with van der Waals surface area (Å²) >= 11 is 0. The summed E-state index contributed by atoms with van der Waals surface area (Å²) in [6, 6.07) is 17.4. The Labute approximate surface area is 198 Å². The number of aromatic nitrogens is 2. The Morgan fingerprint density at radius 2 is 1.94 bits per heavy atom. The smallest absolute Gasteiger partial charge is 0.120 e. The highest BCUT2D eigenvalue weighted by molar-refractivity contribution is 5.43. The number of hydrogen-bond donors (Lipinski definition) is 0. The summed E-state index contributed by atoms with van der Waals surface area (Å²) in [4.78, 5) is 0. The van der Waals surface area contributed by atoms with Gasteiger partial charge in [0.2, 0.25) is 0 Å². The van der Waals surface area contributed by atoms with Crippen LogP contribution in [0.5, 0.6) is 5.75 Å². The van der Waals surface area contributed by atoms with Crippen LogP contribution in [0.4, 0.5) is 0 Å². The van der Waals surface area contributed by atoms with Gasteiger partial charge in [0.25, 0.3) is 0 Å². The van der Waals surface area contributed by atoms with Gasteiger partial charge >= 0.3 is 0 Å². The van der Waals surface area contributed by atoms with Gasteiger partial charge in [0.1, 0.15) is 12.4 Å². The van der Waals surface area contributed by atoms with E-state index in [0.29, 0.717) is 18.4 Å². The summed E-state index contributed by atoms with van der Waals surface area (Å²) in [5.41, 5.74) is 7.72. The summed E-state index contributed by atoms with van der Waals surface area (Å²) < 4.78 is 8.50. The average Bonchev–Trinajstić information content (AvgIpc) is 3.35. The lowest BCUT2D eigenvalue weighted by Crippen LogP contribution is -2.44. The molecule has 172 valence electrons. The highest BCUT2D eigenvalue weighted by atomic mass is 16.5. The van der Waals surface area contributed by atoms with Crippen LogP contribution in [0.2, 0.25) is 0 Å². The molecule has 1 saturated carbocycles.